The number of nitrogens with zero attached hydrogens (tertiary/aromatic N) is 3. The van der Waals surface area contributed by atoms with Gasteiger partial charge in [0.15, 0.2) is 0 Å². The molecule has 394 valence electrons. The summed E-state index contributed by atoms with van der Waals surface area (Å²) in [5, 5.41) is 40.6. The maximum absolute atomic E-state index is 12.4. The summed E-state index contributed by atoms with van der Waals surface area (Å²) in [5.41, 5.74) is 3.38. The van der Waals surface area contributed by atoms with Crippen LogP contribution in [0.25, 0.3) is 0 Å². The van der Waals surface area contributed by atoms with E-state index in [1.54, 1.807) is 44.7 Å². The highest BCUT2D eigenvalue weighted by atomic mass is 31.2. The molecule has 6 N–H and O–H groups in total. The summed E-state index contributed by atoms with van der Waals surface area (Å²) < 4.78 is 0. The molecule has 0 aliphatic heterocycles. The van der Waals surface area contributed by atoms with Crippen molar-refractivity contribution in [3.63, 3.8) is 0 Å². The highest BCUT2D eigenvalue weighted by Gasteiger charge is 2.56. The topological polar surface area (TPSA) is 192 Å². The molecule has 0 saturated heterocycles. The van der Waals surface area contributed by atoms with E-state index in [9.17, 15) is 39.6 Å². The lowest BCUT2D eigenvalue weighted by Gasteiger charge is -2.49. The predicted molar refractivity (Wildman–Crippen MR) is 274 cm³/mol. The molecule has 0 unspecified atom stereocenters. The molecule has 3 rings (SSSR count). The van der Waals surface area contributed by atoms with E-state index in [4.69, 9.17) is 0 Å². The molecule has 0 radical (unpaired) electrons. The molecule has 0 atom stereocenters. The molecule has 0 heterocycles. The van der Waals surface area contributed by atoms with Gasteiger partial charge in [-0.25, -0.2) is 15.2 Å². The Balaban J connectivity index is 1.08. The van der Waals surface area contributed by atoms with Gasteiger partial charge in [-0.15, -0.1) is 0 Å². The van der Waals surface area contributed by atoms with Crippen molar-refractivity contribution in [1.29, 1.82) is 0 Å². The summed E-state index contributed by atoms with van der Waals surface area (Å²) in [6.07, 6.45) is 42.1. The van der Waals surface area contributed by atoms with Crippen LogP contribution in [0.15, 0.2) is 0 Å². The summed E-state index contributed by atoms with van der Waals surface area (Å²) >= 11 is 0. The molecular formula is C53H100N6O8P+. The largest absolute Gasteiger partial charge is 0.356 e. The van der Waals surface area contributed by atoms with Crippen LogP contribution >= 0.6 is 7.26 Å². The molecule has 0 aromatic carbocycles. The third kappa shape index (κ3) is 25.1. The monoisotopic (exact) mass is 980 g/mol. The first-order valence-corrected chi connectivity index (χ1v) is 30.3. The number of hydrogen-bond donors (Lipinski definition) is 6. The fraction of sp³-hybridized carbons (Fsp3) is 0.906. The Morgan fingerprint density at radius 1 is 0.412 bits per heavy atom. The van der Waals surface area contributed by atoms with E-state index in [-0.39, 0.29) is 57.1 Å². The zero-order chi connectivity index (χ0) is 49.1. The van der Waals surface area contributed by atoms with E-state index >= 15 is 0 Å². The number of hydroxylamine groups is 6. The Hall–Kier alpha value is -2.38. The number of unbranched alkanes of at least 4 members (excludes halogenated alkanes) is 13. The van der Waals surface area contributed by atoms with Gasteiger partial charge in [-0.1, -0.05) is 57.8 Å². The second-order valence-electron chi connectivity index (χ2n) is 20.7. The molecule has 3 saturated carbocycles. The van der Waals surface area contributed by atoms with E-state index in [0.717, 1.165) is 54.4 Å². The third-order valence-electron chi connectivity index (χ3n) is 15.4. The van der Waals surface area contributed by atoms with Crippen molar-refractivity contribution in [2.45, 2.75) is 255 Å². The van der Waals surface area contributed by atoms with Crippen molar-refractivity contribution in [3.05, 3.63) is 0 Å². The van der Waals surface area contributed by atoms with Crippen LogP contribution in [-0.2, 0) is 24.0 Å². The SMILES string of the molecule is CC(=O)N(O)CCCCCNC(=O)CCC(=O)N(O)CCCCCNC(=O)CCC(=O)N(O)CCCCCNCCCCCCCCCC[P+](C1CCCCC1)(C1CCCCC1)C1CCCCC1. The molecule has 0 aromatic heterocycles. The molecule has 5 amide bonds. The van der Waals surface area contributed by atoms with Crippen molar-refractivity contribution in [1.82, 2.24) is 31.1 Å². The van der Waals surface area contributed by atoms with Crippen molar-refractivity contribution in [2.24, 2.45) is 0 Å². The van der Waals surface area contributed by atoms with Crippen LogP contribution in [0.5, 0.6) is 0 Å². The average molecular weight is 980 g/mol. The molecule has 3 fully saturated rings. The van der Waals surface area contributed by atoms with Gasteiger partial charge in [-0.05, 0) is 161 Å². The van der Waals surface area contributed by atoms with Gasteiger partial charge in [0.1, 0.15) is 0 Å². The number of carbonyl (C=O) groups is 5. The third-order valence-corrected chi connectivity index (χ3v) is 22.2. The van der Waals surface area contributed by atoms with Gasteiger partial charge in [0.05, 0.1) is 23.1 Å². The molecule has 3 aliphatic rings. The zero-order valence-corrected chi connectivity index (χ0v) is 43.9. The van der Waals surface area contributed by atoms with Crippen LogP contribution in [0, 0.1) is 0 Å². The minimum Gasteiger partial charge on any atom is -0.356 e. The molecule has 0 bridgehead atoms. The second-order valence-corrected chi connectivity index (χ2v) is 25.4. The van der Waals surface area contributed by atoms with E-state index in [1.165, 1.54) is 116 Å². The van der Waals surface area contributed by atoms with Gasteiger partial charge >= 0.3 is 0 Å². The smallest absolute Gasteiger partial charge is 0.246 e. The average Bonchev–Trinajstić information content (AvgIpc) is 3.36. The molecule has 0 aromatic rings. The van der Waals surface area contributed by atoms with Gasteiger partial charge in [-0.2, -0.15) is 0 Å². The summed E-state index contributed by atoms with van der Waals surface area (Å²) in [6, 6.07) is 0. The van der Waals surface area contributed by atoms with E-state index in [2.05, 4.69) is 16.0 Å². The number of rotatable bonds is 38. The summed E-state index contributed by atoms with van der Waals surface area (Å²) in [7, 11) is -0.908. The highest BCUT2D eigenvalue weighted by molar-refractivity contribution is 7.77. The molecule has 0 spiro atoms. The zero-order valence-electron chi connectivity index (χ0n) is 43.0. The van der Waals surface area contributed by atoms with Crippen LogP contribution in [0.3, 0.4) is 0 Å². The lowest BCUT2D eigenvalue weighted by atomic mass is 9.99. The Morgan fingerprint density at radius 3 is 1.12 bits per heavy atom. The van der Waals surface area contributed by atoms with Crippen LogP contribution in [0.4, 0.5) is 0 Å². The minimum atomic E-state index is -0.908. The second kappa shape index (κ2) is 37.4. The van der Waals surface area contributed by atoms with E-state index < -0.39 is 25.0 Å². The normalized spacial score (nSPS) is 16.4. The van der Waals surface area contributed by atoms with Gasteiger partial charge in [0, 0.05) is 72.6 Å². The predicted octanol–water partition coefficient (Wildman–Crippen LogP) is 10.7. The van der Waals surface area contributed by atoms with E-state index in [0.29, 0.717) is 61.7 Å². The van der Waals surface area contributed by atoms with E-state index in [1.807, 2.05) is 0 Å². The first-order chi connectivity index (χ1) is 33.0. The molecule has 15 heteroatoms. The van der Waals surface area contributed by atoms with Crippen LogP contribution in [0.2, 0.25) is 0 Å². The van der Waals surface area contributed by atoms with Crippen LogP contribution < -0.4 is 16.0 Å². The minimum absolute atomic E-state index is 0.00147. The summed E-state index contributed by atoms with van der Waals surface area (Å²) in [6.45, 7) is 4.73. The Kier molecular flexibility index (Phi) is 33.0. The number of amides is 5. The lowest BCUT2D eigenvalue weighted by molar-refractivity contribution is -0.166. The fourth-order valence-electron chi connectivity index (χ4n) is 11.5. The Morgan fingerprint density at radius 2 is 0.735 bits per heavy atom. The van der Waals surface area contributed by atoms with Crippen LogP contribution in [-0.4, -0.2) is 129 Å². The first-order valence-electron chi connectivity index (χ1n) is 28.1. The van der Waals surface area contributed by atoms with Crippen LogP contribution in [0.1, 0.15) is 238 Å². The molecule has 14 nitrogen and oxygen atoms in total. The van der Waals surface area contributed by atoms with Gasteiger partial charge in [-0.3, -0.25) is 39.6 Å². The molecule has 3 aliphatic carbocycles. The summed E-state index contributed by atoms with van der Waals surface area (Å²) in [4.78, 5) is 59.7. The maximum atomic E-state index is 12.4. The molecular weight excluding hydrogens is 880 g/mol. The Labute approximate surface area is 413 Å². The van der Waals surface area contributed by atoms with Crippen molar-refractivity contribution < 1.29 is 39.6 Å². The fourth-order valence-corrected chi connectivity index (χ4v) is 19.1. The van der Waals surface area contributed by atoms with Gasteiger partial charge < -0.3 is 16.0 Å². The van der Waals surface area contributed by atoms with Gasteiger partial charge in [0.25, 0.3) is 0 Å². The van der Waals surface area contributed by atoms with Crippen molar-refractivity contribution in [2.75, 3.05) is 52.0 Å². The maximum Gasteiger partial charge on any atom is 0.246 e. The van der Waals surface area contributed by atoms with Crippen molar-refractivity contribution in [3.8, 4) is 0 Å². The lowest BCUT2D eigenvalue weighted by Crippen LogP contribution is -2.37. The number of carbonyl (C=O) groups excluding carboxylic acids is 5. The standard InChI is InChI=1S/C53H99N6O8P/c1-46(60)57(65)42-24-12-22-40-55-50(61)35-37-53(64)59(67)44-26-13-23-41-56-51(62)34-36-52(63)58(66)43-25-11-21-39-54-38-20-6-4-2-3-5-7-27-45-68(47-28-14-8-15-29-47,48-30-16-9-17-31-48)49-32-18-10-19-33-49/h47-49,54,65-67H,2-45H2,1H3,(H-,55,56,61,62)/p+1. The quantitative estimate of drug-likeness (QED) is 0.0151. The van der Waals surface area contributed by atoms with Gasteiger partial charge in [0.2, 0.25) is 29.5 Å². The highest BCUT2D eigenvalue weighted by Crippen LogP contribution is 2.77. The Bertz CT molecular complexity index is 1330. The summed E-state index contributed by atoms with van der Waals surface area (Å²) in [5.74, 6) is -1.96. The molecule has 68 heavy (non-hydrogen) atoms. The number of hydrogen-bond acceptors (Lipinski definition) is 9. The van der Waals surface area contributed by atoms with Crippen molar-refractivity contribution >= 4 is 36.8 Å². The number of nitrogens with one attached hydrogen (secondary N) is 3. The first kappa shape index (κ1) is 59.9.